The zero-order valence-electron chi connectivity index (χ0n) is 18.5. The number of ether oxygens (including phenoxy) is 1. The van der Waals surface area contributed by atoms with Crippen LogP contribution in [0.3, 0.4) is 0 Å². The molecular weight excluding hydrogens is 393 g/mol. The van der Waals surface area contributed by atoms with Gasteiger partial charge in [-0.15, -0.1) is 0 Å². The predicted octanol–water partition coefficient (Wildman–Crippen LogP) is 3.55. The van der Waals surface area contributed by atoms with Gasteiger partial charge in [-0.1, -0.05) is 12.1 Å². The highest BCUT2D eigenvalue weighted by Crippen LogP contribution is 2.19. The third kappa shape index (κ3) is 7.00. The maximum absolute atomic E-state index is 13.5. The van der Waals surface area contributed by atoms with E-state index in [1.165, 1.54) is 6.07 Å². The van der Waals surface area contributed by atoms with E-state index in [2.05, 4.69) is 51.7 Å². The minimum atomic E-state index is -0.219. The molecule has 0 aliphatic rings. The first kappa shape index (κ1) is 22.6. The van der Waals surface area contributed by atoms with Gasteiger partial charge < -0.3 is 25.3 Å². The van der Waals surface area contributed by atoms with E-state index in [0.29, 0.717) is 13.1 Å². The van der Waals surface area contributed by atoms with Gasteiger partial charge in [0.15, 0.2) is 5.96 Å². The number of halogens is 1. The Labute approximate surface area is 183 Å². The number of hydrogen-bond acceptors (Lipinski definition) is 3. The molecule has 3 rings (SSSR count). The lowest BCUT2D eigenvalue weighted by molar-refractivity contribution is 0.281. The Morgan fingerprint density at radius 2 is 1.94 bits per heavy atom. The molecule has 7 heteroatoms. The van der Waals surface area contributed by atoms with Crippen molar-refractivity contribution in [2.75, 3.05) is 40.8 Å². The van der Waals surface area contributed by atoms with Crippen molar-refractivity contribution in [3.63, 3.8) is 0 Å². The molecule has 1 aromatic heterocycles. The van der Waals surface area contributed by atoms with Crippen LogP contribution in [0.2, 0.25) is 0 Å². The van der Waals surface area contributed by atoms with Crippen molar-refractivity contribution in [2.45, 2.75) is 19.4 Å². The van der Waals surface area contributed by atoms with Gasteiger partial charge in [0.1, 0.15) is 11.6 Å². The summed E-state index contributed by atoms with van der Waals surface area (Å²) in [6, 6.07) is 12.9. The second-order valence-corrected chi connectivity index (χ2v) is 7.76. The molecule has 3 aromatic rings. The summed E-state index contributed by atoms with van der Waals surface area (Å²) >= 11 is 0. The van der Waals surface area contributed by atoms with Gasteiger partial charge in [-0.05, 0) is 68.4 Å². The minimum absolute atomic E-state index is 0.219. The average molecular weight is 426 g/mol. The number of aromatic amines is 1. The Morgan fingerprint density at radius 3 is 2.68 bits per heavy atom. The Hall–Kier alpha value is -3.06. The average Bonchev–Trinajstić information content (AvgIpc) is 3.16. The molecular formula is C24H32FN5O. The number of nitrogens with zero attached hydrogens (tertiary/aromatic N) is 2. The quantitative estimate of drug-likeness (QED) is 0.264. The maximum atomic E-state index is 13.5. The summed E-state index contributed by atoms with van der Waals surface area (Å²) < 4.78 is 19.3. The first-order valence-electron chi connectivity index (χ1n) is 10.6. The number of rotatable bonds is 10. The summed E-state index contributed by atoms with van der Waals surface area (Å²) in [5, 5.41) is 7.56. The smallest absolute Gasteiger partial charge is 0.191 e. The Balaban J connectivity index is 1.41. The third-order valence-electron chi connectivity index (χ3n) is 5.04. The molecule has 0 saturated heterocycles. The molecule has 0 spiro atoms. The molecule has 0 saturated carbocycles. The van der Waals surface area contributed by atoms with E-state index in [1.807, 2.05) is 18.3 Å². The fourth-order valence-electron chi connectivity index (χ4n) is 3.35. The van der Waals surface area contributed by atoms with Crippen LogP contribution in [0.1, 0.15) is 17.5 Å². The van der Waals surface area contributed by atoms with Gasteiger partial charge in [-0.2, -0.15) is 0 Å². The summed E-state index contributed by atoms with van der Waals surface area (Å²) in [7, 11) is 5.88. The van der Waals surface area contributed by atoms with Crippen molar-refractivity contribution in [3.8, 4) is 5.75 Å². The van der Waals surface area contributed by atoms with Crippen molar-refractivity contribution in [2.24, 2.45) is 4.99 Å². The fourth-order valence-corrected chi connectivity index (χ4v) is 3.35. The Bertz CT molecular complexity index is 981. The van der Waals surface area contributed by atoms with Crippen molar-refractivity contribution in [1.82, 2.24) is 20.5 Å². The molecule has 0 amide bonds. The highest BCUT2D eigenvalue weighted by molar-refractivity contribution is 5.83. The van der Waals surface area contributed by atoms with E-state index in [9.17, 15) is 4.39 Å². The van der Waals surface area contributed by atoms with Crippen molar-refractivity contribution in [1.29, 1.82) is 0 Å². The number of hydrogen-bond donors (Lipinski definition) is 3. The molecule has 3 N–H and O–H groups in total. The van der Waals surface area contributed by atoms with Crippen LogP contribution < -0.4 is 15.4 Å². The molecule has 0 aliphatic heterocycles. The molecule has 0 unspecified atom stereocenters. The fraction of sp³-hybridized carbons (Fsp3) is 0.375. The standard InChI is InChI=1S/C24H32FN5O/c1-26-24(27-12-11-19-17-28-23-10-7-20(25)15-22(19)23)29-16-18-5-8-21(9-6-18)31-14-4-13-30(2)3/h5-10,15,17,28H,4,11-14,16H2,1-3H3,(H2,26,27,29). The van der Waals surface area contributed by atoms with Crippen molar-refractivity contribution >= 4 is 16.9 Å². The molecule has 1 heterocycles. The lowest BCUT2D eigenvalue weighted by Gasteiger charge is -2.13. The first-order valence-corrected chi connectivity index (χ1v) is 10.6. The van der Waals surface area contributed by atoms with Gasteiger partial charge >= 0.3 is 0 Å². The van der Waals surface area contributed by atoms with Crippen molar-refractivity contribution < 1.29 is 9.13 Å². The number of aromatic nitrogens is 1. The van der Waals surface area contributed by atoms with Gasteiger partial charge in [0.05, 0.1) is 6.61 Å². The molecule has 31 heavy (non-hydrogen) atoms. The third-order valence-corrected chi connectivity index (χ3v) is 5.04. The van der Waals surface area contributed by atoms with Crippen LogP contribution in [0.4, 0.5) is 4.39 Å². The molecule has 0 bridgehead atoms. The van der Waals surface area contributed by atoms with Gasteiger partial charge in [0.2, 0.25) is 0 Å². The molecule has 6 nitrogen and oxygen atoms in total. The van der Waals surface area contributed by atoms with E-state index >= 15 is 0 Å². The monoisotopic (exact) mass is 425 g/mol. The zero-order valence-corrected chi connectivity index (χ0v) is 18.5. The van der Waals surface area contributed by atoms with E-state index in [0.717, 1.165) is 59.7 Å². The summed E-state index contributed by atoms with van der Waals surface area (Å²) in [6.07, 6.45) is 3.71. The van der Waals surface area contributed by atoms with E-state index < -0.39 is 0 Å². The van der Waals surface area contributed by atoms with Gasteiger partial charge in [-0.3, -0.25) is 4.99 Å². The van der Waals surface area contributed by atoms with Gasteiger partial charge in [0.25, 0.3) is 0 Å². The van der Waals surface area contributed by atoms with Crippen LogP contribution in [0.25, 0.3) is 10.9 Å². The molecule has 2 aromatic carbocycles. The van der Waals surface area contributed by atoms with Gasteiger partial charge in [0, 0.05) is 43.8 Å². The number of aliphatic imine (C=N–C) groups is 1. The van der Waals surface area contributed by atoms with E-state index in [-0.39, 0.29) is 5.82 Å². The van der Waals surface area contributed by atoms with Crippen LogP contribution in [-0.4, -0.2) is 56.7 Å². The summed E-state index contributed by atoms with van der Waals surface area (Å²) in [4.78, 5) is 9.62. The first-order chi connectivity index (χ1) is 15.0. The van der Waals surface area contributed by atoms with Crippen LogP contribution in [0.15, 0.2) is 53.7 Å². The number of guanidine groups is 1. The van der Waals surface area contributed by atoms with Crippen LogP contribution in [-0.2, 0) is 13.0 Å². The second kappa shape index (κ2) is 11.4. The van der Waals surface area contributed by atoms with Crippen LogP contribution >= 0.6 is 0 Å². The number of H-pyrrole nitrogens is 1. The van der Waals surface area contributed by atoms with Crippen molar-refractivity contribution in [3.05, 3.63) is 65.6 Å². The Kier molecular flexibility index (Phi) is 8.29. The highest BCUT2D eigenvalue weighted by Gasteiger charge is 2.06. The predicted molar refractivity (Wildman–Crippen MR) is 125 cm³/mol. The largest absolute Gasteiger partial charge is 0.494 e. The topological polar surface area (TPSA) is 64.7 Å². The van der Waals surface area contributed by atoms with E-state index in [1.54, 1.807) is 19.2 Å². The number of benzene rings is 2. The highest BCUT2D eigenvalue weighted by atomic mass is 19.1. The molecule has 166 valence electrons. The SMILES string of the molecule is CN=C(NCCc1c[nH]c2ccc(F)cc12)NCc1ccc(OCCCN(C)C)cc1. The normalized spacial score (nSPS) is 11.8. The van der Waals surface area contributed by atoms with Crippen LogP contribution in [0, 0.1) is 5.82 Å². The molecule has 0 atom stereocenters. The summed E-state index contributed by atoms with van der Waals surface area (Å²) in [5.41, 5.74) is 3.18. The van der Waals surface area contributed by atoms with E-state index in [4.69, 9.17) is 4.74 Å². The molecule has 0 radical (unpaired) electrons. The number of nitrogens with one attached hydrogen (secondary N) is 3. The summed E-state index contributed by atoms with van der Waals surface area (Å²) in [5.74, 6) is 1.40. The minimum Gasteiger partial charge on any atom is -0.494 e. The Morgan fingerprint density at radius 1 is 1.13 bits per heavy atom. The summed E-state index contributed by atoms with van der Waals surface area (Å²) in [6.45, 7) is 3.10. The molecule has 0 fully saturated rings. The maximum Gasteiger partial charge on any atom is 0.191 e. The number of fused-ring (bicyclic) bond motifs is 1. The lowest BCUT2D eigenvalue weighted by Crippen LogP contribution is -2.37. The second-order valence-electron chi connectivity index (χ2n) is 7.76. The lowest BCUT2D eigenvalue weighted by atomic mass is 10.1. The molecule has 0 aliphatic carbocycles. The zero-order chi connectivity index (χ0) is 22.1. The van der Waals surface area contributed by atoms with Crippen LogP contribution in [0.5, 0.6) is 5.75 Å². The van der Waals surface area contributed by atoms with Gasteiger partial charge in [-0.25, -0.2) is 4.39 Å².